The largest absolute Gasteiger partial charge is 0.382 e. The topological polar surface area (TPSA) is 55.2 Å². The van der Waals surface area contributed by atoms with E-state index in [-0.39, 0.29) is 5.02 Å². The number of nitro groups is 1. The van der Waals surface area contributed by atoms with E-state index in [1.165, 1.54) is 6.07 Å². The Morgan fingerprint density at radius 2 is 2.25 bits per heavy atom. The lowest BCUT2D eigenvalue weighted by Gasteiger charge is -2.10. The molecule has 1 aromatic rings. The van der Waals surface area contributed by atoms with Crippen molar-refractivity contribution >= 4 is 23.0 Å². The molecule has 86 valence electrons. The van der Waals surface area contributed by atoms with E-state index < -0.39 is 16.4 Å². The summed E-state index contributed by atoms with van der Waals surface area (Å²) in [6.45, 7) is 1.64. The van der Waals surface area contributed by atoms with Crippen molar-refractivity contribution < 1.29 is 9.31 Å². The van der Waals surface area contributed by atoms with E-state index in [2.05, 4.69) is 5.32 Å². The van der Waals surface area contributed by atoms with Gasteiger partial charge < -0.3 is 5.32 Å². The Labute approximate surface area is 96.6 Å². The molecule has 0 heterocycles. The molecule has 0 bridgehead atoms. The predicted octanol–water partition coefficient (Wildman–Crippen LogP) is 3.27. The molecule has 0 aliphatic heterocycles. The molecule has 4 nitrogen and oxygen atoms in total. The standard InChI is InChI=1S/C10H10ClFN2O2/c1-5-7(13-6-2-3-6)4-8(14(15)16)10(12)9(5)11/h4,6,13H,2-3H2,1H3. The predicted molar refractivity (Wildman–Crippen MR) is 59.4 cm³/mol. The van der Waals surface area contributed by atoms with Crippen LogP contribution in [0.4, 0.5) is 15.8 Å². The van der Waals surface area contributed by atoms with Crippen LogP contribution in [0.1, 0.15) is 18.4 Å². The molecule has 1 N–H and O–H groups in total. The fraction of sp³-hybridized carbons (Fsp3) is 0.400. The van der Waals surface area contributed by atoms with Gasteiger partial charge in [-0.25, -0.2) is 0 Å². The SMILES string of the molecule is Cc1c(NC2CC2)cc([N+](=O)[O-])c(F)c1Cl. The van der Waals surface area contributed by atoms with Crippen molar-refractivity contribution in [2.75, 3.05) is 5.32 Å². The molecule has 0 amide bonds. The van der Waals surface area contributed by atoms with Gasteiger partial charge in [-0.1, -0.05) is 11.6 Å². The van der Waals surface area contributed by atoms with Crippen molar-refractivity contribution in [2.24, 2.45) is 0 Å². The number of nitrogens with zero attached hydrogens (tertiary/aromatic N) is 1. The van der Waals surface area contributed by atoms with Crippen molar-refractivity contribution in [3.05, 3.63) is 32.6 Å². The van der Waals surface area contributed by atoms with Gasteiger partial charge in [0.2, 0.25) is 5.82 Å². The molecule has 0 saturated heterocycles. The number of benzene rings is 1. The average molecular weight is 245 g/mol. The molecular weight excluding hydrogens is 235 g/mol. The van der Waals surface area contributed by atoms with Crippen molar-refractivity contribution in [2.45, 2.75) is 25.8 Å². The van der Waals surface area contributed by atoms with Gasteiger partial charge >= 0.3 is 5.69 Å². The third kappa shape index (κ3) is 1.95. The fourth-order valence-electron chi connectivity index (χ4n) is 1.43. The van der Waals surface area contributed by atoms with Crippen LogP contribution in [0.15, 0.2) is 6.07 Å². The van der Waals surface area contributed by atoms with Gasteiger partial charge in [-0.3, -0.25) is 10.1 Å². The summed E-state index contributed by atoms with van der Waals surface area (Å²) in [5.74, 6) is -0.967. The van der Waals surface area contributed by atoms with Gasteiger partial charge in [0.25, 0.3) is 0 Å². The Hall–Kier alpha value is -1.36. The number of nitrogens with one attached hydrogen (secondary N) is 1. The Balaban J connectivity index is 2.47. The summed E-state index contributed by atoms with van der Waals surface area (Å²) < 4.78 is 13.4. The molecule has 1 aromatic carbocycles. The fourth-order valence-corrected chi connectivity index (χ4v) is 1.63. The van der Waals surface area contributed by atoms with E-state index in [1.807, 2.05) is 0 Å². The number of rotatable bonds is 3. The first-order valence-electron chi connectivity index (χ1n) is 4.90. The number of nitro benzene ring substituents is 1. The Morgan fingerprint density at radius 3 is 2.75 bits per heavy atom. The molecule has 0 spiro atoms. The first-order valence-corrected chi connectivity index (χ1v) is 5.28. The Bertz CT molecular complexity index is 461. The molecule has 6 heteroatoms. The summed E-state index contributed by atoms with van der Waals surface area (Å²) >= 11 is 5.72. The van der Waals surface area contributed by atoms with E-state index in [0.29, 0.717) is 17.3 Å². The molecule has 0 unspecified atom stereocenters. The van der Waals surface area contributed by atoms with E-state index in [9.17, 15) is 14.5 Å². The number of hydrogen-bond acceptors (Lipinski definition) is 3. The molecular formula is C10H10ClFN2O2. The summed E-state index contributed by atoms with van der Waals surface area (Å²) in [7, 11) is 0. The van der Waals surface area contributed by atoms with Crippen molar-refractivity contribution in [1.82, 2.24) is 0 Å². The molecule has 0 aromatic heterocycles. The number of halogens is 2. The van der Waals surface area contributed by atoms with Gasteiger partial charge in [0, 0.05) is 17.8 Å². The molecule has 0 radical (unpaired) electrons. The quantitative estimate of drug-likeness (QED) is 0.656. The van der Waals surface area contributed by atoms with Crippen LogP contribution in [0.25, 0.3) is 0 Å². The van der Waals surface area contributed by atoms with Gasteiger partial charge in [0.15, 0.2) is 0 Å². The molecule has 1 aliphatic rings. The minimum atomic E-state index is -0.967. The number of anilines is 1. The smallest absolute Gasteiger partial charge is 0.308 e. The summed E-state index contributed by atoms with van der Waals surface area (Å²) in [5.41, 5.74) is 0.469. The van der Waals surface area contributed by atoms with Crippen LogP contribution in [0.5, 0.6) is 0 Å². The van der Waals surface area contributed by atoms with Crippen molar-refractivity contribution in [3.8, 4) is 0 Å². The molecule has 16 heavy (non-hydrogen) atoms. The van der Waals surface area contributed by atoms with E-state index >= 15 is 0 Å². The number of hydrogen-bond donors (Lipinski definition) is 1. The summed E-state index contributed by atoms with van der Waals surface area (Å²) in [6, 6.07) is 1.54. The van der Waals surface area contributed by atoms with Crippen molar-refractivity contribution in [1.29, 1.82) is 0 Å². The second-order valence-corrected chi connectivity index (χ2v) is 4.25. The normalized spacial score (nSPS) is 14.9. The minimum absolute atomic E-state index is 0.183. The summed E-state index contributed by atoms with van der Waals surface area (Å²) in [5, 5.41) is 13.5. The highest BCUT2D eigenvalue weighted by atomic mass is 35.5. The minimum Gasteiger partial charge on any atom is -0.382 e. The van der Waals surface area contributed by atoms with Crippen LogP contribution in [-0.2, 0) is 0 Å². The van der Waals surface area contributed by atoms with Crippen LogP contribution in [-0.4, -0.2) is 11.0 Å². The molecule has 0 atom stereocenters. The highest BCUT2D eigenvalue weighted by Gasteiger charge is 2.26. The van der Waals surface area contributed by atoms with Gasteiger partial charge in [-0.15, -0.1) is 0 Å². The van der Waals surface area contributed by atoms with Crippen molar-refractivity contribution in [3.63, 3.8) is 0 Å². The second kappa shape index (κ2) is 3.90. The lowest BCUT2D eigenvalue weighted by atomic mass is 10.1. The third-order valence-electron chi connectivity index (χ3n) is 2.57. The van der Waals surface area contributed by atoms with Gasteiger partial charge in [0.1, 0.15) is 0 Å². The molecule has 2 rings (SSSR count). The zero-order valence-electron chi connectivity index (χ0n) is 8.59. The van der Waals surface area contributed by atoms with Gasteiger partial charge in [0.05, 0.1) is 9.95 Å². The lowest BCUT2D eigenvalue weighted by molar-refractivity contribution is -0.387. The molecule has 1 saturated carbocycles. The Morgan fingerprint density at radius 1 is 1.62 bits per heavy atom. The zero-order valence-corrected chi connectivity index (χ0v) is 9.34. The zero-order chi connectivity index (χ0) is 11.9. The summed E-state index contributed by atoms with van der Waals surface area (Å²) in [6.07, 6.45) is 2.06. The van der Waals surface area contributed by atoms with Crippen LogP contribution in [0, 0.1) is 22.9 Å². The Kier molecular flexibility index (Phi) is 2.71. The summed E-state index contributed by atoms with van der Waals surface area (Å²) in [4.78, 5) is 9.85. The maximum absolute atomic E-state index is 13.4. The van der Waals surface area contributed by atoms with E-state index in [4.69, 9.17) is 11.6 Å². The van der Waals surface area contributed by atoms with Gasteiger partial charge in [-0.05, 0) is 25.3 Å². The van der Waals surface area contributed by atoms with E-state index in [0.717, 1.165) is 12.8 Å². The van der Waals surface area contributed by atoms with Gasteiger partial charge in [-0.2, -0.15) is 4.39 Å². The monoisotopic (exact) mass is 244 g/mol. The average Bonchev–Trinajstić information content (AvgIpc) is 3.02. The van der Waals surface area contributed by atoms with Crippen LogP contribution >= 0.6 is 11.6 Å². The first-order chi connectivity index (χ1) is 7.50. The van der Waals surface area contributed by atoms with Crippen LogP contribution in [0.2, 0.25) is 5.02 Å². The lowest BCUT2D eigenvalue weighted by Crippen LogP contribution is -2.05. The molecule has 1 aliphatic carbocycles. The second-order valence-electron chi connectivity index (χ2n) is 3.87. The highest BCUT2D eigenvalue weighted by molar-refractivity contribution is 6.32. The van der Waals surface area contributed by atoms with Crippen LogP contribution in [0.3, 0.4) is 0 Å². The highest BCUT2D eigenvalue weighted by Crippen LogP contribution is 2.36. The maximum atomic E-state index is 13.4. The van der Waals surface area contributed by atoms with Crippen LogP contribution < -0.4 is 5.32 Å². The molecule has 1 fully saturated rings. The first kappa shape index (κ1) is 11.1. The van der Waals surface area contributed by atoms with E-state index in [1.54, 1.807) is 6.92 Å². The maximum Gasteiger partial charge on any atom is 0.308 e. The third-order valence-corrected chi connectivity index (χ3v) is 3.01.